The first kappa shape index (κ1) is 11.9. The zero-order valence-electron chi connectivity index (χ0n) is 9.20. The molecule has 0 unspecified atom stereocenters. The Morgan fingerprint density at radius 3 is 2.61 bits per heavy atom. The third-order valence-electron chi connectivity index (χ3n) is 2.47. The summed E-state index contributed by atoms with van der Waals surface area (Å²) in [5.41, 5.74) is 0.212. The number of nitrogens with zero attached hydrogens (tertiary/aromatic N) is 2. The van der Waals surface area contributed by atoms with Crippen molar-refractivity contribution in [3.8, 4) is 5.88 Å². The van der Waals surface area contributed by atoms with Gasteiger partial charge in [-0.2, -0.15) is 0 Å². The Labute approximate surface area is 101 Å². The first-order valence-corrected chi connectivity index (χ1v) is 5.15. The molecule has 0 saturated carbocycles. The van der Waals surface area contributed by atoms with E-state index >= 15 is 0 Å². The van der Waals surface area contributed by atoms with Gasteiger partial charge in [0.05, 0.1) is 12.1 Å². The van der Waals surface area contributed by atoms with E-state index in [0.29, 0.717) is 0 Å². The molecule has 0 radical (unpaired) electrons. The molecule has 0 aliphatic heterocycles. The fourth-order valence-corrected chi connectivity index (χ4v) is 1.74. The summed E-state index contributed by atoms with van der Waals surface area (Å²) in [5, 5.41) is 27.4. The van der Waals surface area contributed by atoms with E-state index in [0.717, 1.165) is 4.40 Å². The lowest BCUT2D eigenvalue weighted by Crippen LogP contribution is -2.07. The smallest absolute Gasteiger partial charge is 0.354 e. The second-order valence-corrected chi connectivity index (χ2v) is 3.68. The molecule has 0 aromatic carbocycles. The average molecular weight is 250 g/mol. The summed E-state index contributed by atoms with van der Waals surface area (Å²) in [7, 11) is 0. The summed E-state index contributed by atoms with van der Waals surface area (Å²) in [5.74, 6) is -2.55. The van der Waals surface area contributed by atoms with Crippen LogP contribution < -0.4 is 0 Å². The topological polar surface area (TPSA) is 112 Å². The van der Waals surface area contributed by atoms with Gasteiger partial charge in [0.1, 0.15) is 5.65 Å². The Balaban J connectivity index is 2.59. The second-order valence-electron chi connectivity index (χ2n) is 3.68. The van der Waals surface area contributed by atoms with Gasteiger partial charge in [-0.05, 0) is 12.1 Å². The first-order chi connectivity index (χ1) is 8.50. The van der Waals surface area contributed by atoms with Crippen LogP contribution in [0, 0.1) is 0 Å². The number of pyridine rings is 1. The number of imidazole rings is 1. The summed E-state index contributed by atoms with van der Waals surface area (Å²) in [6.45, 7) is 0. The third kappa shape index (κ3) is 1.97. The standard InChI is InChI=1S/C11H10N2O5/c14-8-3-1-2-7-12-6(4-5-9(15)16)10(11(17)18)13(7)8/h1-3,14H,4-5H2,(H,15,16)(H,17,18). The maximum atomic E-state index is 11.2. The van der Waals surface area contributed by atoms with Gasteiger partial charge < -0.3 is 15.3 Å². The molecule has 0 fully saturated rings. The van der Waals surface area contributed by atoms with Crippen LogP contribution in [0.2, 0.25) is 0 Å². The number of aryl methyl sites for hydroxylation is 1. The van der Waals surface area contributed by atoms with Crippen molar-refractivity contribution in [3.05, 3.63) is 29.6 Å². The lowest BCUT2D eigenvalue weighted by atomic mass is 10.2. The van der Waals surface area contributed by atoms with Crippen LogP contribution in [0.15, 0.2) is 18.2 Å². The number of carboxylic acid groups (broad SMARTS) is 2. The molecule has 0 saturated heterocycles. The van der Waals surface area contributed by atoms with Crippen LogP contribution in [-0.4, -0.2) is 36.6 Å². The van der Waals surface area contributed by atoms with Gasteiger partial charge in [0.25, 0.3) is 0 Å². The molecule has 3 N–H and O–H groups in total. The normalized spacial score (nSPS) is 10.7. The van der Waals surface area contributed by atoms with Crippen molar-refractivity contribution in [1.29, 1.82) is 0 Å². The number of fused-ring (bicyclic) bond motifs is 1. The molecule has 0 spiro atoms. The molecular weight excluding hydrogens is 240 g/mol. The van der Waals surface area contributed by atoms with E-state index in [-0.39, 0.29) is 35.8 Å². The lowest BCUT2D eigenvalue weighted by Gasteiger charge is -2.01. The molecule has 2 rings (SSSR count). The molecule has 0 amide bonds. The molecule has 94 valence electrons. The summed E-state index contributed by atoms with van der Waals surface area (Å²) in [6, 6.07) is 4.41. The number of aliphatic carboxylic acids is 1. The van der Waals surface area contributed by atoms with Crippen molar-refractivity contribution >= 4 is 17.6 Å². The Morgan fingerprint density at radius 2 is 2.00 bits per heavy atom. The van der Waals surface area contributed by atoms with Crippen LogP contribution >= 0.6 is 0 Å². The zero-order valence-corrected chi connectivity index (χ0v) is 9.20. The minimum absolute atomic E-state index is 0.00190. The van der Waals surface area contributed by atoms with Crippen LogP contribution in [0.4, 0.5) is 0 Å². The highest BCUT2D eigenvalue weighted by molar-refractivity contribution is 5.89. The molecule has 2 heterocycles. The molecule has 7 heteroatoms. The van der Waals surface area contributed by atoms with E-state index < -0.39 is 11.9 Å². The van der Waals surface area contributed by atoms with E-state index in [9.17, 15) is 14.7 Å². The van der Waals surface area contributed by atoms with E-state index in [2.05, 4.69) is 4.98 Å². The largest absolute Gasteiger partial charge is 0.494 e. The molecule has 18 heavy (non-hydrogen) atoms. The summed E-state index contributed by atoms with van der Waals surface area (Å²) < 4.78 is 1.08. The van der Waals surface area contributed by atoms with Gasteiger partial charge in [-0.15, -0.1) is 0 Å². The maximum absolute atomic E-state index is 11.2. The van der Waals surface area contributed by atoms with Gasteiger partial charge in [-0.1, -0.05) is 6.07 Å². The Bertz CT molecular complexity index is 632. The van der Waals surface area contributed by atoms with Crippen molar-refractivity contribution in [2.45, 2.75) is 12.8 Å². The van der Waals surface area contributed by atoms with Crippen LogP contribution in [-0.2, 0) is 11.2 Å². The van der Waals surface area contributed by atoms with Gasteiger partial charge in [-0.3, -0.25) is 9.20 Å². The first-order valence-electron chi connectivity index (χ1n) is 5.15. The molecule has 0 aliphatic rings. The van der Waals surface area contributed by atoms with Crippen molar-refractivity contribution < 1.29 is 24.9 Å². The number of hydrogen-bond acceptors (Lipinski definition) is 4. The van der Waals surface area contributed by atoms with Crippen LogP contribution in [0.5, 0.6) is 5.88 Å². The Hall–Kier alpha value is -2.57. The average Bonchev–Trinajstić information content (AvgIpc) is 2.66. The van der Waals surface area contributed by atoms with Gasteiger partial charge in [0, 0.05) is 6.42 Å². The third-order valence-corrected chi connectivity index (χ3v) is 2.47. The summed E-state index contributed by atoms with van der Waals surface area (Å²) in [4.78, 5) is 25.7. The fourth-order valence-electron chi connectivity index (χ4n) is 1.74. The number of aromatic carboxylic acids is 1. The van der Waals surface area contributed by atoms with Crippen LogP contribution in [0.25, 0.3) is 5.65 Å². The predicted molar refractivity (Wildman–Crippen MR) is 59.8 cm³/mol. The number of rotatable bonds is 4. The van der Waals surface area contributed by atoms with Crippen molar-refractivity contribution in [3.63, 3.8) is 0 Å². The molecule has 7 nitrogen and oxygen atoms in total. The van der Waals surface area contributed by atoms with Crippen molar-refractivity contribution in [2.24, 2.45) is 0 Å². The predicted octanol–water partition coefficient (Wildman–Crippen LogP) is 0.755. The van der Waals surface area contributed by atoms with E-state index in [1.165, 1.54) is 18.2 Å². The quantitative estimate of drug-likeness (QED) is 0.738. The lowest BCUT2D eigenvalue weighted by molar-refractivity contribution is -0.136. The monoisotopic (exact) mass is 250 g/mol. The number of hydrogen-bond donors (Lipinski definition) is 3. The molecule has 0 aliphatic carbocycles. The maximum Gasteiger partial charge on any atom is 0.354 e. The van der Waals surface area contributed by atoms with E-state index in [4.69, 9.17) is 10.2 Å². The Kier molecular flexibility index (Phi) is 2.88. The van der Waals surface area contributed by atoms with E-state index in [1.807, 2.05) is 0 Å². The summed E-state index contributed by atoms with van der Waals surface area (Å²) in [6.07, 6.45) is -0.219. The molecule has 0 atom stereocenters. The highest BCUT2D eigenvalue weighted by Crippen LogP contribution is 2.20. The number of aromatic hydroxyl groups is 1. The molecule has 2 aromatic rings. The zero-order chi connectivity index (χ0) is 13.3. The molecule has 2 aromatic heterocycles. The number of aromatic nitrogens is 2. The Morgan fingerprint density at radius 1 is 1.28 bits per heavy atom. The van der Waals surface area contributed by atoms with Gasteiger partial charge in [0.2, 0.25) is 0 Å². The van der Waals surface area contributed by atoms with Gasteiger partial charge >= 0.3 is 11.9 Å². The number of carboxylic acids is 2. The highest BCUT2D eigenvalue weighted by Gasteiger charge is 2.20. The SMILES string of the molecule is O=C(O)CCc1nc2cccc(O)n2c1C(=O)O. The van der Waals surface area contributed by atoms with Crippen LogP contribution in [0.3, 0.4) is 0 Å². The molecular formula is C11H10N2O5. The molecule has 0 bridgehead atoms. The minimum atomic E-state index is -1.26. The van der Waals surface area contributed by atoms with Gasteiger partial charge in [0.15, 0.2) is 11.6 Å². The highest BCUT2D eigenvalue weighted by atomic mass is 16.4. The van der Waals surface area contributed by atoms with E-state index in [1.54, 1.807) is 0 Å². The van der Waals surface area contributed by atoms with Gasteiger partial charge in [-0.25, -0.2) is 9.78 Å². The van der Waals surface area contributed by atoms with Crippen molar-refractivity contribution in [1.82, 2.24) is 9.38 Å². The van der Waals surface area contributed by atoms with Crippen LogP contribution in [0.1, 0.15) is 22.6 Å². The number of carbonyl (C=O) groups is 2. The van der Waals surface area contributed by atoms with Crippen molar-refractivity contribution in [2.75, 3.05) is 0 Å². The second kappa shape index (κ2) is 4.36. The minimum Gasteiger partial charge on any atom is -0.494 e. The fraction of sp³-hybridized carbons (Fsp3) is 0.182. The summed E-state index contributed by atoms with van der Waals surface area (Å²) >= 11 is 0.